The highest BCUT2D eigenvalue weighted by Gasteiger charge is 2.07. The molecule has 1 amide bonds. The summed E-state index contributed by atoms with van der Waals surface area (Å²) in [5.74, 6) is -0.339. The number of nitrogens with zero attached hydrogens (tertiary/aromatic N) is 2. The molecular weight excluding hydrogens is 346 g/mol. The van der Waals surface area contributed by atoms with Gasteiger partial charge in [0.25, 0.3) is 5.69 Å². The number of nitro groups is 1. The molecule has 2 heterocycles. The van der Waals surface area contributed by atoms with Crippen LogP contribution in [-0.4, -0.2) is 15.8 Å². The Morgan fingerprint density at radius 3 is 2.88 bits per heavy atom. The van der Waals surface area contributed by atoms with Gasteiger partial charge in [-0.3, -0.25) is 20.2 Å². The van der Waals surface area contributed by atoms with Crippen LogP contribution >= 0.6 is 22.7 Å². The Kier molecular flexibility index (Phi) is 4.78. The first-order valence-corrected chi connectivity index (χ1v) is 8.61. The van der Waals surface area contributed by atoms with Gasteiger partial charge in [-0.1, -0.05) is 18.2 Å². The van der Waals surface area contributed by atoms with Crippen molar-refractivity contribution >= 4 is 45.5 Å². The molecule has 1 aromatic carbocycles. The summed E-state index contributed by atoms with van der Waals surface area (Å²) >= 11 is 2.93. The van der Waals surface area contributed by atoms with Gasteiger partial charge in [0.05, 0.1) is 15.5 Å². The Morgan fingerprint density at radius 2 is 2.12 bits per heavy atom. The molecule has 0 bridgehead atoms. The van der Waals surface area contributed by atoms with E-state index in [-0.39, 0.29) is 11.6 Å². The summed E-state index contributed by atoms with van der Waals surface area (Å²) in [5.41, 5.74) is 1.39. The van der Waals surface area contributed by atoms with Crippen molar-refractivity contribution in [1.82, 2.24) is 4.98 Å². The zero-order valence-electron chi connectivity index (χ0n) is 12.2. The summed E-state index contributed by atoms with van der Waals surface area (Å²) in [7, 11) is 0. The second kappa shape index (κ2) is 7.16. The fourth-order valence-corrected chi connectivity index (χ4v) is 3.40. The number of thiazole rings is 1. The zero-order valence-corrected chi connectivity index (χ0v) is 13.8. The topological polar surface area (TPSA) is 85.1 Å². The van der Waals surface area contributed by atoms with E-state index in [9.17, 15) is 14.9 Å². The van der Waals surface area contributed by atoms with E-state index in [0.717, 1.165) is 10.6 Å². The summed E-state index contributed by atoms with van der Waals surface area (Å²) in [6, 6.07) is 9.98. The van der Waals surface area contributed by atoms with Crippen LogP contribution in [0.25, 0.3) is 16.6 Å². The SMILES string of the molecule is O=C(/C=C/c1cccc([N+](=O)[O-])c1)Nc1nc(-c2cccs2)cs1. The number of rotatable bonds is 5. The number of aromatic nitrogens is 1. The molecule has 0 aliphatic rings. The van der Waals surface area contributed by atoms with Crippen LogP contribution in [-0.2, 0) is 4.79 Å². The van der Waals surface area contributed by atoms with Crippen molar-refractivity contribution in [1.29, 1.82) is 0 Å². The van der Waals surface area contributed by atoms with E-state index in [0.29, 0.717) is 10.7 Å². The second-order valence-corrected chi connectivity index (χ2v) is 6.50. The highest BCUT2D eigenvalue weighted by molar-refractivity contribution is 7.16. The number of anilines is 1. The van der Waals surface area contributed by atoms with Crippen molar-refractivity contribution in [2.45, 2.75) is 0 Å². The molecule has 0 saturated heterocycles. The van der Waals surface area contributed by atoms with Gasteiger partial charge < -0.3 is 0 Å². The van der Waals surface area contributed by atoms with Crippen LogP contribution in [0.3, 0.4) is 0 Å². The van der Waals surface area contributed by atoms with Crippen molar-refractivity contribution in [2.75, 3.05) is 5.32 Å². The molecule has 0 saturated carbocycles. The smallest absolute Gasteiger partial charge is 0.270 e. The number of nitrogens with one attached hydrogen (secondary N) is 1. The lowest BCUT2D eigenvalue weighted by molar-refractivity contribution is -0.384. The molecule has 3 aromatic rings. The number of amides is 1. The Balaban J connectivity index is 1.65. The third-order valence-electron chi connectivity index (χ3n) is 3.02. The summed E-state index contributed by atoms with van der Waals surface area (Å²) in [4.78, 5) is 27.6. The fraction of sp³-hybridized carbons (Fsp3) is 0. The summed E-state index contributed by atoms with van der Waals surface area (Å²) < 4.78 is 0. The monoisotopic (exact) mass is 357 g/mol. The predicted octanol–water partition coefficient (Wildman–Crippen LogP) is 4.43. The van der Waals surface area contributed by atoms with E-state index in [1.165, 1.54) is 35.6 Å². The van der Waals surface area contributed by atoms with E-state index in [4.69, 9.17) is 0 Å². The van der Waals surface area contributed by atoms with Gasteiger partial charge in [-0.2, -0.15) is 0 Å². The van der Waals surface area contributed by atoms with Crippen LogP contribution in [0.15, 0.2) is 53.2 Å². The molecule has 0 spiro atoms. The molecule has 3 rings (SSSR count). The van der Waals surface area contributed by atoms with E-state index < -0.39 is 4.92 Å². The van der Waals surface area contributed by atoms with Crippen LogP contribution < -0.4 is 5.32 Å². The minimum atomic E-state index is -0.473. The third-order valence-corrected chi connectivity index (χ3v) is 4.67. The van der Waals surface area contributed by atoms with E-state index in [2.05, 4.69) is 10.3 Å². The average molecular weight is 357 g/mol. The number of hydrogen-bond acceptors (Lipinski definition) is 6. The molecule has 0 atom stereocenters. The van der Waals surface area contributed by atoms with Crippen molar-refractivity contribution in [3.05, 3.63) is 68.9 Å². The Bertz CT molecular complexity index is 901. The molecule has 120 valence electrons. The maximum Gasteiger partial charge on any atom is 0.270 e. The van der Waals surface area contributed by atoms with E-state index in [1.807, 2.05) is 22.9 Å². The standard InChI is InChI=1S/C16H11N3O3S2/c20-15(7-6-11-3-1-4-12(9-11)19(21)22)18-16-17-13(10-24-16)14-5-2-8-23-14/h1-10H,(H,17,18,20)/b7-6+. The highest BCUT2D eigenvalue weighted by atomic mass is 32.1. The average Bonchev–Trinajstić information content (AvgIpc) is 3.24. The molecule has 2 aromatic heterocycles. The number of hydrogen-bond donors (Lipinski definition) is 1. The number of non-ortho nitro benzene ring substituents is 1. The maximum absolute atomic E-state index is 11.9. The van der Waals surface area contributed by atoms with Gasteiger partial charge in [0.1, 0.15) is 0 Å². The van der Waals surface area contributed by atoms with Crippen LogP contribution in [0.4, 0.5) is 10.8 Å². The molecule has 8 heteroatoms. The number of carbonyl (C=O) groups is 1. The lowest BCUT2D eigenvalue weighted by atomic mass is 10.2. The van der Waals surface area contributed by atoms with Gasteiger partial charge in [-0.15, -0.1) is 22.7 Å². The molecule has 0 aliphatic heterocycles. The maximum atomic E-state index is 11.9. The fourth-order valence-electron chi connectivity index (χ4n) is 1.93. The lowest BCUT2D eigenvalue weighted by Crippen LogP contribution is -2.07. The lowest BCUT2D eigenvalue weighted by Gasteiger charge is -1.97. The molecule has 0 radical (unpaired) electrons. The van der Waals surface area contributed by atoms with Gasteiger partial charge in [0.2, 0.25) is 5.91 Å². The molecule has 0 fully saturated rings. The number of nitro benzene ring substituents is 1. The van der Waals surface area contributed by atoms with Crippen LogP contribution in [0.5, 0.6) is 0 Å². The minimum absolute atomic E-state index is 0.0157. The van der Waals surface area contributed by atoms with Gasteiger partial charge in [-0.05, 0) is 23.1 Å². The molecule has 1 N–H and O–H groups in total. The predicted molar refractivity (Wildman–Crippen MR) is 96.2 cm³/mol. The summed E-state index contributed by atoms with van der Waals surface area (Å²) in [5, 5.41) is 17.8. The van der Waals surface area contributed by atoms with Crippen LogP contribution in [0, 0.1) is 10.1 Å². The second-order valence-electron chi connectivity index (χ2n) is 4.69. The van der Waals surface area contributed by atoms with Gasteiger partial charge >= 0.3 is 0 Å². The van der Waals surface area contributed by atoms with Crippen LogP contribution in [0.2, 0.25) is 0 Å². The van der Waals surface area contributed by atoms with Crippen molar-refractivity contribution < 1.29 is 9.72 Å². The number of benzene rings is 1. The van der Waals surface area contributed by atoms with Gasteiger partial charge in [-0.25, -0.2) is 4.98 Å². The molecule has 6 nitrogen and oxygen atoms in total. The normalized spacial score (nSPS) is 10.8. The molecular formula is C16H11N3O3S2. The van der Waals surface area contributed by atoms with Crippen molar-refractivity contribution in [2.24, 2.45) is 0 Å². The number of thiophene rings is 1. The largest absolute Gasteiger partial charge is 0.298 e. The highest BCUT2D eigenvalue weighted by Crippen LogP contribution is 2.28. The van der Waals surface area contributed by atoms with E-state index in [1.54, 1.807) is 23.5 Å². The van der Waals surface area contributed by atoms with Crippen LogP contribution in [0.1, 0.15) is 5.56 Å². The van der Waals surface area contributed by atoms with Gasteiger partial charge in [0, 0.05) is 23.6 Å². The van der Waals surface area contributed by atoms with Gasteiger partial charge in [0.15, 0.2) is 5.13 Å². The molecule has 0 unspecified atom stereocenters. The Labute approximate surface area is 145 Å². The summed E-state index contributed by atoms with van der Waals surface area (Å²) in [6.45, 7) is 0. The van der Waals surface area contributed by atoms with E-state index >= 15 is 0 Å². The summed E-state index contributed by atoms with van der Waals surface area (Å²) in [6.07, 6.45) is 2.85. The first kappa shape index (κ1) is 16.0. The third kappa shape index (κ3) is 3.92. The zero-order chi connectivity index (χ0) is 16.9. The first-order chi connectivity index (χ1) is 11.6. The number of carbonyl (C=O) groups excluding carboxylic acids is 1. The minimum Gasteiger partial charge on any atom is -0.298 e. The molecule has 24 heavy (non-hydrogen) atoms. The Morgan fingerprint density at radius 1 is 1.25 bits per heavy atom. The van der Waals surface area contributed by atoms with Crippen molar-refractivity contribution in [3.8, 4) is 10.6 Å². The quantitative estimate of drug-likeness (QED) is 0.416. The first-order valence-electron chi connectivity index (χ1n) is 6.85. The molecule has 0 aliphatic carbocycles. The Hall–Kier alpha value is -2.84. The van der Waals surface area contributed by atoms with Crippen molar-refractivity contribution in [3.63, 3.8) is 0 Å².